The van der Waals surface area contributed by atoms with Gasteiger partial charge < -0.3 is 25.5 Å². The molecule has 2 aromatic rings. The molecular formula is C28H35F2N7O4. The summed E-state index contributed by atoms with van der Waals surface area (Å²) in [6, 6.07) is 8.22. The predicted molar refractivity (Wildman–Crippen MR) is 147 cm³/mol. The van der Waals surface area contributed by atoms with E-state index in [4.69, 9.17) is 4.84 Å². The number of β-amino-alcohol motifs (C(OH)–C–C–N with tert-alkyl or cyclic N) is 1. The van der Waals surface area contributed by atoms with Crippen molar-refractivity contribution < 1.29 is 28.3 Å². The minimum atomic E-state index is -3.25. The molecule has 5 rings (SSSR count). The molecule has 2 aliphatic heterocycles. The maximum Gasteiger partial charge on any atom is 0.285 e. The molecule has 13 heteroatoms. The van der Waals surface area contributed by atoms with Crippen LogP contribution in [0.5, 0.6) is 0 Å². The Morgan fingerprint density at radius 3 is 2.71 bits per heavy atom. The molecule has 0 radical (unpaired) electrons. The third-order valence-electron chi connectivity index (χ3n) is 7.66. The van der Waals surface area contributed by atoms with Crippen molar-refractivity contribution in [3.8, 4) is 0 Å². The van der Waals surface area contributed by atoms with Gasteiger partial charge in [-0.3, -0.25) is 14.5 Å². The molecule has 3 N–H and O–H groups in total. The first-order valence-corrected chi connectivity index (χ1v) is 13.9. The van der Waals surface area contributed by atoms with E-state index in [0.29, 0.717) is 6.54 Å². The molecule has 2 fully saturated rings. The Hall–Kier alpha value is -3.71. The van der Waals surface area contributed by atoms with Crippen LogP contribution in [0.25, 0.3) is 0 Å². The summed E-state index contributed by atoms with van der Waals surface area (Å²) < 4.78 is 30.2. The van der Waals surface area contributed by atoms with Gasteiger partial charge in [0.05, 0.1) is 18.7 Å². The van der Waals surface area contributed by atoms with Gasteiger partial charge in [0.25, 0.3) is 17.7 Å². The highest BCUT2D eigenvalue weighted by Gasteiger charge is 2.48. The Morgan fingerprint density at radius 2 is 1.98 bits per heavy atom. The van der Waals surface area contributed by atoms with Crippen LogP contribution in [0.2, 0.25) is 0 Å². The molecule has 220 valence electrons. The number of anilines is 1. The SMILES string of the molecule is CO/N=C(/C(=O)N1CCC(Nc2cc(C(=O)NC[C@H](O)CN3CCc4ccccc4C3)ncn2)C(F)(F)C1)C1CC1. The number of nitrogens with one attached hydrogen (secondary N) is 2. The molecule has 2 amide bonds. The van der Waals surface area contributed by atoms with E-state index in [1.54, 1.807) is 0 Å². The number of aromatic nitrogens is 2. The van der Waals surface area contributed by atoms with Crippen LogP contribution in [0.15, 0.2) is 41.8 Å². The summed E-state index contributed by atoms with van der Waals surface area (Å²) >= 11 is 0. The lowest BCUT2D eigenvalue weighted by molar-refractivity contribution is -0.136. The van der Waals surface area contributed by atoms with E-state index in [9.17, 15) is 14.7 Å². The van der Waals surface area contributed by atoms with Crippen LogP contribution < -0.4 is 10.6 Å². The maximum absolute atomic E-state index is 15.1. The average Bonchev–Trinajstić information content (AvgIpc) is 3.81. The minimum absolute atomic E-state index is 0.0117. The number of carbonyl (C=O) groups is 2. The van der Waals surface area contributed by atoms with E-state index in [2.05, 4.69) is 42.8 Å². The molecule has 0 bridgehead atoms. The van der Waals surface area contributed by atoms with E-state index in [-0.39, 0.29) is 42.7 Å². The molecule has 1 aromatic carbocycles. The number of rotatable bonds is 10. The Balaban J connectivity index is 1.12. The lowest BCUT2D eigenvalue weighted by Gasteiger charge is -2.38. The average molecular weight is 572 g/mol. The van der Waals surface area contributed by atoms with Gasteiger partial charge >= 0.3 is 0 Å². The van der Waals surface area contributed by atoms with Gasteiger partial charge in [-0.1, -0.05) is 29.4 Å². The number of fused-ring (bicyclic) bond motifs is 1. The number of piperidine rings is 1. The van der Waals surface area contributed by atoms with Crippen molar-refractivity contribution in [1.29, 1.82) is 0 Å². The number of hydrogen-bond donors (Lipinski definition) is 3. The van der Waals surface area contributed by atoms with E-state index < -0.39 is 36.4 Å². The molecule has 1 saturated heterocycles. The van der Waals surface area contributed by atoms with Crippen molar-refractivity contribution in [3.63, 3.8) is 0 Å². The summed E-state index contributed by atoms with van der Waals surface area (Å²) in [7, 11) is 1.33. The molecule has 1 unspecified atom stereocenters. The molecule has 1 aliphatic carbocycles. The molecule has 41 heavy (non-hydrogen) atoms. The normalized spacial score (nSPS) is 21.5. The highest BCUT2D eigenvalue weighted by Crippen LogP contribution is 2.34. The second-order valence-electron chi connectivity index (χ2n) is 10.8. The number of benzene rings is 1. The number of nitrogens with zero attached hydrogens (tertiary/aromatic N) is 5. The Morgan fingerprint density at radius 1 is 1.20 bits per heavy atom. The second kappa shape index (κ2) is 12.4. The fourth-order valence-electron chi connectivity index (χ4n) is 5.31. The van der Waals surface area contributed by atoms with Crippen LogP contribution in [0.4, 0.5) is 14.6 Å². The summed E-state index contributed by atoms with van der Waals surface area (Å²) in [5.41, 5.74) is 2.73. The summed E-state index contributed by atoms with van der Waals surface area (Å²) in [6.45, 7) is 1.33. The van der Waals surface area contributed by atoms with Gasteiger partial charge in [0.15, 0.2) is 0 Å². The fraction of sp³-hybridized carbons (Fsp3) is 0.536. The zero-order valence-electron chi connectivity index (χ0n) is 22.9. The van der Waals surface area contributed by atoms with Gasteiger partial charge in [-0.15, -0.1) is 0 Å². The van der Waals surface area contributed by atoms with Crippen molar-refractivity contribution in [2.75, 3.05) is 45.2 Å². The number of aliphatic hydroxyl groups is 1. The van der Waals surface area contributed by atoms with Gasteiger partial charge in [-0.25, -0.2) is 18.7 Å². The fourth-order valence-corrected chi connectivity index (χ4v) is 5.31. The van der Waals surface area contributed by atoms with E-state index in [0.717, 1.165) is 43.6 Å². The van der Waals surface area contributed by atoms with Gasteiger partial charge in [0, 0.05) is 44.7 Å². The van der Waals surface area contributed by atoms with Gasteiger partial charge in [-0.2, -0.15) is 0 Å². The number of halogens is 2. The van der Waals surface area contributed by atoms with Crippen molar-refractivity contribution >= 4 is 23.3 Å². The molecule has 1 aromatic heterocycles. The van der Waals surface area contributed by atoms with Crippen molar-refractivity contribution in [2.24, 2.45) is 11.1 Å². The number of alkyl halides is 2. The quantitative estimate of drug-likeness (QED) is 0.290. The van der Waals surface area contributed by atoms with Crippen LogP contribution >= 0.6 is 0 Å². The zero-order chi connectivity index (χ0) is 29.0. The standard InChI is InChI=1S/C28H35F2N7O4/c1-41-35-25(19-6-7-19)27(40)37-11-9-23(28(29,30)16-37)34-24-12-22(32-17-33-24)26(39)31-13-21(38)15-36-10-8-18-4-2-3-5-20(18)14-36/h2-5,12,17,19,21,23,38H,6-11,13-16H2,1H3,(H,31,39)(H,32,33,34)/b35-25+/t21-,23?/m0/s1. The van der Waals surface area contributed by atoms with Gasteiger partial charge in [0.1, 0.15) is 30.7 Å². The summed E-state index contributed by atoms with van der Waals surface area (Å²) in [5, 5.41) is 19.7. The van der Waals surface area contributed by atoms with Crippen LogP contribution in [0.3, 0.4) is 0 Å². The summed E-state index contributed by atoms with van der Waals surface area (Å²) in [4.78, 5) is 41.5. The van der Waals surface area contributed by atoms with Crippen molar-refractivity contribution in [3.05, 3.63) is 53.5 Å². The highest BCUT2D eigenvalue weighted by molar-refractivity contribution is 6.40. The van der Waals surface area contributed by atoms with Crippen molar-refractivity contribution in [1.82, 2.24) is 25.1 Å². The first-order valence-electron chi connectivity index (χ1n) is 13.9. The highest BCUT2D eigenvalue weighted by atomic mass is 19.3. The molecule has 3 aliphatic rings. The number of carbonyl (C=O) groups excluding carboxylic acids is 2. The van der Waals surface area contributed by atoms with Gasteiger partial charge in [-0.05, 0) is 36.8 Å². The molecule has 1 saturated carbocycles. The zero-order valence-corrected chi connectivity index (χ0v) is 22.9. The predicted octanol–water partition coefficient (Wildman–Crippen LogP) is 1.69. The van der Waals surface area contributed by atoms with Crippen LogP contribution in [0, 0.1) is 5.92 Å². The monoisotopic (exact) mass is 571 g/mol. The lowest BCUT2D eigenvalue weighted by Crippen LogP contribution is -2.57. The Labute approximate surface area is 237 Å². The molecule has 2 atom stereocenters. The Bertz CT molecular complexity index is 1290. The Kier molecular flexibility index (Phi) is 8.74. The first kappa shape index (κ1) is 28.8. The third kappa shape index (κ3) is 7.14. The lowest BCUT2D eigenvalue weighted by atomic mass is 9.99. The topological polar surface area (TPSA) is 132 Å². The number of amides is 2. The van der Waals surface area contributed by atoms with Crippen molar-refractivity contribution in [2.45, 2.75) is 50.3 Å². The van der Waals surface area contributed by atoms with Crippen LogP contribution in [0.1, 0.15) is 40.9 Å². The second-order valence-corrected chi connectivity index (χ2v) is 10.8. The molecule has 0 spiro atoms. The summed E-state index contributed by atoms with van der Waals surface area (Å²) in [6.07, 6.45) is 2.80. The number of hydrogen-bond acceptors (Lipinski definition) is 9. The smallest absolute Gasteiger partial charge is 0.285 e. The van der Waals surface area contributed by atoms with E-state index in [1.807, 2.05) is 12.1 Å². The number of aliphatic hydroxyl groups excluding tert-OH is 1. The number of oxime groups is 1. The van der Waals surface area contributed by atoms with Crippen LogP contribution in [-0.2, 0) is 22.6 Å². The van der Waals surface area contributed by atoms with Gasteiger partial charge in [0.2, 0.25) is 0 Å². The van der Waals surface area contributed by atoms with E-state index in [1.165, 1.54) is 24.3 Å². The van der Waals surface area contributed by atoms with Crippen LogP contribution in [-0.4, -0.2) is 100 Å². The number of likely N-dealkylation sites (tertiary alicyclic amines) is 1. The third-order valence-corrected chi connectivity index (χ3v) is 7.66. The van der Waals surface area contributed by atoms with E-state index >= 15 is 8.78 Å². The maximum atomic E-state index is 15.1. The molecule has 11 nitrogen and oxygen atoms in total. The largest absolute Gasteiger partial charge is 0.399 e. The first-order chi connectivity index (χ1) is 19.7. The molecular weight excluding hydrogens is 536 g/mol. The summed E-state index contributed by atoms with van der Waals surface area (Å²) in [5.74, 6) is -4.29. The molecule has 3 heterocycles. The minimum Gasteiger partial charge on any atom is -0.399 e.